The quantitative estimate of drug-likeness (QED) is 0.0772. The molecule has 0 saturated heterocycles. The summed E-state index contributed by atoms with van der Waals surface area (Å²) in [6.45, 7) is 6.32. The monoisotopic (exact) mass is 678 g/mol. The van der Waals surface area contributed by atoms with Gasteiger partial charge in [0, 0.05) is 29.0 Å². The first-order valence-corrected chi connectivity index (χ1v) is 17.9. The van der Waals surface area contributed by atoms with E-state index in [1.807, 2.05) is 54.3 Å². The van der Waals surface area contributed by atoms with E-state index < -0.39 is 0 Å². The van der Waals surface area contributed by atoms with Crippen molar-refractivity contribution in [1.29, 1.82) is 0 Å². The maximum Gasteiger partial charge on any atom is 0.262 e. The SMILES string of the molecule is Cc1ccc(SOO[O-])cc1.Cc1ccc2c(c1)SC(=CC1=CC(=Cc3sc4cc(C)ccc4[n+]3C)CC(c3ccccc3)C1)N2C. The number of thioether (sulfide) groups is 1. The van der Waals surface area contributed by atoms with E-state index in [2.05, 4.69) is 132 Å². The van der Waals surface area contributed by atoms with Gasteiger partial charge in [-0.25, -0.2) is 0 Å². The van der Waals surface area contributed by atoms with Crippen molar-refractivity contribution in [2.75, 3.05) is 11.9 Å². The summed E-state index contributed by atoms with van der Waals surface area (Å²) < 4.78 is 7.81. The Kier molecular flexibility index (Phi) is 10.7. The highest BCUT2D eigenvalue weighted by atomic mass is 32.2. The van der Waals surface area contributed by atoms with E-state index in [1.165, 1.54) is 58.7 Å². The average molecular weight is 679 g/mol. The van der Waals surface area contributed by atoms with Crippen LogP contribution in [0.3, 0.4) is 0 Å². The minimum absolute atomic E-state index is 0.484. The molecular formula is C39H38N2O3S3. The number of rotatable bonds is 6. The van der Waals surface area contributed by atoms with Crippen molar-refractivity contribution in [3.05, 3.63) is 147 Å². The van der Waals surface area contributed by atoms with Crippen LogP contribution in [0.15, 0.2) is 129 Å². The summed E-state index contributed by atoms with van der Waals surface area (Å²) in [6.07, 6.45) is 9.39. The molecule has 1 aliphatic heterocycles. The van der Waals surface area contributed by atoms with Gasteiger partial charge in [-0.3, -0.25) is 5.04 Å². The number of allylic oxidation sites excluding steroid dienone is 4. The average Bonchev–Trinajstić information content (AvgIpc) is 3.54. The predicted molar refractivity (Wildman–Crippen MR) is 195 cm³/mol. The molecule has 0 saturated carbocycles. The zero-order chi connectivity index (χ0) is 32.9. The van der Waals surface area contributed by atoms with Crippen molar-refractivity contribution in [2.24, 2.45) is 7.05 Å². The number of anilines is 1. The van der Waals surface area contributed by atoms with Crippen molar-refractivity contribution < 1.29 is 19.2 Å². The third-order valence-electron chi connectivity index (χ3n) is 8.45. The molecular weight excluding hydrogens is 641 g/mol. The molecule has 1 atom stereocenters. The second-order valence-corrected chi connectivity index (χ2v) is 15.0. The number of fused-ring (bicyclic) bond motifs is 2. The van der Waals surface area contributed by atoms with E-state index in [0.717, 1.165) is 35.3 Å². The van der Waals surface area contributed by atoms with Crippen LogP contribution in [0.25, 0.3) is 16.3 Å². The van der Waals surface area contributed by atoms with E-state index in [4.69, 9.17) is 0 Å². The van der Waals surface area contributed by atoms with Crippen LogP contribution in [0.2, 0.25) is 0 Å². The topological polar surface area (TPSA) is 48.6 Å². The highest BCUT2D eigenvalue weighted by Crippen LogP contribution is 2.47. The lowest BCUT2D eigenvalue weighted by molar-refractivity contribution is -0.777. The summed E-state index contributed by atoms with van der Waals surface area (Å²) in [4.78, 5) is 4.53. The van der Waals surface area contributed by atoms with Gasteiger partial charge in [-0.05, 0) is 104 Å². The third-order valence-corrected chi connectivity index (χ3v) is 11.3. The molecule has 4 aromatic carbocycles. The molecule has 0 fully saturated rings. The maximum absolute atomic E-state index is 9.43. The van der Waals surface area contributed by atoms with Gasteiger partial charge >= 0.3 is 0 Å². The molecule has 1 aliphatic carbocycles. The van der Waals surface area contributed by atoms with Crippen LogP contribution in [-0.2, 0) is 16.4 Å². The van der Waals surface area contributed by atoms with E-state index in [-0.39, 0.29) is 0 Å². The first-order valence-electron chi connectivity index (χ1n) is 15.6. The Morgan fingerprint density at radius 3 is 2.36 bits per heavy atom. The third kappa shape index (κ3) is 8.09. The zero-order valence-electron chi connectivity index (χ0n) is 27.2. The standard InChI is InChI=1S/C32H31N2S2.C7H8O3S/c1-21-10-12-27-29(14-21)35-31(33(27)3)19-23-16-24(18-26(17-23)25-8-6-5-7-9-25)20-32-34(4)28-13-11-22(2)15-30(28)36-32;1-6-2-4-7(5-3-6)11-10-9-8/h5-16,19-20,26H,17-18H2,1-4H3;2-5,8H,1H3/q+1;/p-1. The fourth-order valence-corrected chi connectivity index (χ4v) is 8.74. The number of hydrogen-bond donors (Lipinski definition) is 0. The maximum atomic E-state index is 9.43. The molecule has 7 rings (SSSR count). The van der Waals surface area contributed by atoms with Gasteiger partial charge in [-0.15, -0.1) is 0 Å². The fourth-order valence-electron chi connectivity index (χ4n) is 5.94. The second-order valence-electron chi connectivity index (χ2n) is 12.1. The first kappa shape index (κ1) is 33.3. The highest BCUT2D eigenvalue weighted by Gasteiger charge is 2.25. The van der Waals surface area contributed by atoms with Crippen molar-refractivity contribution in [2.45, 2.75) is 49.3 Å². The van der Waals surface area contributed by atoms with Gasteiger partial charge in [0.1, 0.15) is 11.7 Å². The summed E-state index contributed by atoms with van der Waals surface area (Å²) in [7, 11) is 4.38. The lowest BCUT2D eigenvalue weighted by Crippen LogP contribution is -2.29. The van der Waals surface area contributed by atoms with Gasteiger partial charge in [0.25, 0.3) is 5.01 Å². The van der Waals surface area contributed by atoms with Gasteiger partial charge in [-0.2, -0.15) is 8.90 Å². The number of thiazole rings is 1. The van der Waals surface area contributed by atoms with Crippen LogP contribution < -0.4 is 14.7 Å². The van der Waals surface area contributed by atoms with Crippen LogP contribution in [0.5, 0.6) is 0 Å². The van der Waals surface area contributed by atoms with E-state index in [1.54, 1.807) is 0 Å². The Hall–Kier alpha value is -3.63. The molecule has 240 valence electrons. The molecule has 0 bridgehead atoms. The van der Waals surface area contributed by atoms with Crippen LogP contribution in [0, 0.1) is 20.8 Å². The van der Waals surface area contributed by atoms with E-state index in [0.29, 0.717) is 5.92 Å². The molecule has 2 aliphatic rings. The van der Waals surface area contributed by atoms with Crippen molar-refractivity contribution in [3.8, 4) is 0 Å². The molecule has 0 spiro atoms. The normalized spacial score (nSPS) is 17.5. The van der Waals surface area contributed by atoms with Crippen LogP contribution in [0.4, 0.5) is 5.69 Å². The molecule has 0 radical (unpaired) electrons. The molecule has 8 heteroatoms. The van der Waals surface area contributed by atoms with E-state index in [9.17, 15) is 5.26 Å². The Morgan fingerprint density at radius 1 is 0.872 bits per heavy atom. The predicted octanol–water partition coefficient (Wildman–Crippen LogP) is 9.54. The van der Waals surface area contributed by atoms with Crippen molar-refractivity contribution >= 4 is 57.1 Å². The molecule has 2 heterocycles. The Labute approximate surface area is 289 Å². The smallest absolute Gasteiger partial charge is 0.262 e. The summed E-state index contributed by atoms with van der Waals surface area (Å²) in [5.41, 5.74) is 10.6. The number of hydrogen-bond acceptors (Lipinski definition) is 7. The van der Waals surface area contributed by atoms with Gasteiger partial charge in [0.15, 0.2) is 0 Å². The summed E-state index contributed by atoms with van der Waals surface area (Å²) in [5, 5.41) is 15.2. The number of nitrogens with zero attached hydrogens (tertiary/aromatic N) is 2. The molecule has 5 aromatic rings. The number of aromatic nitrogens is 1. The Balaban J connectivity index is 0.000000300. The van der Waals surface area contributed by atoms with Gasteiger partial charge in [0.05, 0.1) is 22.8 Å². The zero-order valence-corrected chi connectivity index (χ0v) is 29.7. The molecule has 5 nitrogen and oxygen atoms in total. The van der Waals surface area contributed by atoms with Gasteiger partial charge < -0.3 is 10.2 Å². The number of aryl methyl sites for hydroxylation is 4. The fraction of sp³-hybridized carbons (Fsp3) is 0.205. The van der Waals surface area contributed by atoms with Gasteiger partial charge in [0.2, 0.25) is 5.52 Å². The van der Waals surface area contributed by atoms with Crippen LogP contribution >= 0.6 is 35.1 Å². The van der Waals surface area contributed by atoms with Crippen molar-refractivity contribution in [1.82, 2.24) is 0 Å². The number of benzene rings is 4. The van der Waals surface area contributed by atoms with Gasteiger partial charge in [-0.1, -0.05) is 89.3 Å². The largest absolute Gasteiger partial charge is 0.691 e. The lowest BCUT2D eigenvalue weighted by Gasteiger charge is -2.24. The molecule has 1 unspecified atom stereocenters. The molecule has 0 N–H and O–H groups in total. The highest BCUT2D eigenvalue weighted by molar-refractivity contribution is 8.03. The Morgan fingerprint density at radius 2 is 1.60 bits per heavy atom. The van der Waals surface area contributed by atoms with Crippen molar-refractivity contribution in [3.63, 3.8) is 0 Å². The second kappa shape index (κ2) is 15.1. The minimum atomic E-state index is 0.484. The van der Waals surface area contributed by atoms with E-state index >= 15 is 0 Å². The molecule has 0 amide bonds. The first-order chi connectivity index (χ1) is 22.8. The minimum Gasteiger partial charge on any atom is -0.691 e. The summed E-state index contributed by atoms with van der Waals surface area (Å²) in [6, 6.07) is 32.1. The Bertz CT molecular complexity index is 1960. The lowest BCUT2D eigenvalue weighted by atomic mass is 9.81. The molecule has 47 heavy (non-hydrogen) atoms. The summed E-state index contributed by atoms with van der Waals surface area (Å²) in [5.74, 6) is 0.484. The van der Waals surface area contributed by atoms with Crippen LogP contribution in [-0.4, -0.2) is 7.05 Å². The molecule has 1 aromatic heterocycles. The summed E-state index contributed by atoms with van der Waals surface area (Å²) >= 11 is 4.67. The van der Waals surface area contributed by atoms with Crippen LogP contribution in [0.1, 0.15) is 46.0 Å².